The summed E-state index contributed by atoms with van der Waals surface area (Å²) in [6, 6.07) is 13.6. The molecule has 0 bridgehead atoms. The van der Waals surface area contributed by atoms with Crippen molar-refractivity contribution in [2.24, 2.45) is 0 Å². The summed E-state index contributed by atoms with van der Waals surface area (Å²) in [5.41, 5.74) is 3.14. The van der Waals surface area contributed by atoms with Crippen molar-refractivity contribution < 1.29 is 9.47 Å². The number of methoxy groups -OCH3 is 2. The van der Waals surface area contributed by atoms with Gasteiger partial charge in [0.05, 0.1) is 25.1 Å². The molecular formula is C25H32N4O2. The van der Waals surface area contributed by atoms with Gasteiger partial charge in [0, 0.05) is 42.5 Å². The molecule has 1 N–H and O–H groups in total. The topological polar surface area (TPSA) is 59.5 Å². The molecule has 0 radical (unpaired) electrons. The van der Waals surface area contributed by atoms with Crippen LogP contribution in [0.1, 0.15) is 32.3 Å². The van der Waals surface area contributed by atoms with E-state index in [1.54, 1.807) is 14.2 Å². The number of piperidine rings is 1. The Bertz CT molecular complexity index is 1010. The molecule has 1 aliphatic heterocycles. The summed E-state index contributed by atoms with van der Waals surface area (Å²) < 4.78 is 10.8. The van der Waals surface area contributed by atoms with Gasteiger partial charge < -0.3 is 14.8 Å². The fourth-order valence-corrected chi connectivity index (χ4v) is 4.25. The summed E-state index contributed by atoms with van der Waals surface area (Å²) in [5, 5.41) is 4.54. The van der Waals surface area contributed by atoms with Gasteiger partial charge in [-0.25, -0.2) is 9.97 Å². The molecule has 0 spiro atoms. The molecule has 1 aliphatic rings. The molecule has 0 atom stereocenters. The van der Waals surface area contributed by atoms with E-state index in [4.69, 9.17) is 14.5 Å². The lowest BCUT2D eigenvalue weighted by atomic mass is 10.0. The van der Waals surface area contributed by atoms with Crippen molar-refractivity contribution >= 4 is 10.9 Å². The van der Waals surface area contributed by atoms with Crippen LogP contribution in [0.2, 0.25) is 0 Å². The molecule has 0 amide bonds. The molecule has 1 fully saturated rings. The van der Waals surface area contributed by atoms with Crippen LogP contribution in [0.15, 0.2) is 42.6 Å². The largest absolute Gasteiger partial charge is 0.497 e. The molecule has 2 heterocycles. The Hall–Kier alpha value is -2.70. The van der Waals surface area contributed by atoms with Crippen LogP contribution in [0.3, 0.4) is 0 Å². The monoisotopic (exact) mass is 420 g/mol. The molecular weight excluding hydrogens is 388 g/mol. The molecule has 6 nitrogen and oxygen atoms in total. The number of likely N-dealkylation sites (tertiary alicyclic amines) is 1. The number of nitrogens with one attached hydrogen (secondary N) is 1. The van der Waals surface area contributed by atoms with Crippen molar-refractivity contribution in [2.75, 3.05) is 27.3 Å². The predicted octanol–water partition coefficient (Wildman–Crippen LogP) is 4.28. The second-order valence-electron chi connectivity index (χ2n) is 8.52. The molecule has 1 saturated heterocycles. The lowest BCUT2D eigenvalue weighted by Crippen LogP contribution is -2.44. The van der Waals surface area contributed by atoms with E-state index in [1.165, 1.54) is 18.4 Å². The van der Waals surface area contributed by atoms with Gasteiger partial charge in [-0.05, 0) is 31.5 Å². The first-order chi connectivity index (χ1) is 15.1. The van der Waals surface area contributed by atoms with Gasteiger partial charge in [-0.2, -0.15) is 0 Å². The third kappa shape index (κ3) is 5.14. The number of hydrogen-bond acceptors (Lipinski definition) is 6. The van der Waals surface area contributed by atoms with E-state index in [1.807, 2.05) is 18.3 Å². The van der Waals surface area contributed by atoms with Crippen LogP contribution in [0.5, 0.6) is 11.5 Å². The minimum atomic E-state index is 0.559. The van der Waals surface area contributed by atoms with Gasteiger partial charge in [0.2, 0.25) is 0 Å². The van der Waals surface area contributed by atoms with Crippen LogP contribution >= 0.6 is 0 Å². The number of aromatic nitrogens is 2. The Balaban J connectivity index is 1.45. The van der Waals surface area contributed by atoms with Gasteiger partial charge in [-0.1, -0.05) is 38.1 Å². The minimum Gasteiger partial charge on any atom is -0.497 e. The molecule has 3 aromatic rings. The van der Waals surface area contributed by atoms with Crippen molar-refractivity contribution in [1.82, 2.24) is 20.2 Å². The molecule has 0 unspecified atom stereocenters. The third-order valence-corrected chi connectivity index (χ3v) is 5.87. The first-order valence-corrected chi connectivity index (χ1v) is 11.0. The standard InChI is InChI=1S/C25H32N4O2/c1-17(2)27-20-9-11-29(12-10-20)16-18-5-7-19(8-6-18)25-26-15-22-23(28-25)13-21(30-3)14-24(22)31-4/h5-8,13-15,17,20,27H,9-12,16H2,1-4H3. The lowest BCUT2D eigenvalue weighted by molar-refractivity contribution is 0.186. The van der Waals surface area contributed by atoms with Crippen molar-refractivity contribution in [3.8, 4) is 22.9 Å². The molecule has 6 heteroatoms. The first-order valence-electron chi connectivity index (χ1n) is 11.0. The molecule has 31 heavy (non-hydrogen) atoms. The summed E-state index contributed by atoms with van der Waals surface area (Å²) >= 11 is 0. The van der Waals surface area contributed by atoms with E-state index in [0.29, 0.717) is 23.7 Å². The molecule has 164 valence electrons. The van der Waals surface area contributed by atoms with E-state index < -0.39 is 0 Å². The van der Waals surface area contributed by atoms with Gasteiger partial charge in [0.15, 0.2) is 5.82 Å². The Labute approximate surface area is 184 Å². The molecule has 1 aromatic heterocycles. The highest BCUT2D eigenvalue weighted by molar-refractivity contribution is 5.87. The Kier molecular flexibility index (Phi) is 6.68. The summed E-state index contributed by atoms with van der Waals surface area (Å²) in [6.07, 6.45) is 4.25. The normalized spacial score (nSPS) is 15.5. The minimum absolute atomic E-state index is 0.559. The molecule has 2 aromatic carbocycles. The summed E-state index contributed by atoms with van der Waals surface area (Å²) in [4.78, 5) is 11.9. The van der Waals surface area contributed by atoms with Crippen LogP contribution in [0.4, 0.5) is 0 Å². The SMILES string of the molecule is COc1cc(OC)c2cnc(-c3ccc(CN4CCC(NC(C)C)CC4)cc3)nc2c1. The fourth-order valence-electron chi connectivity index (χ4n) is 4.25. The van der Waals surface area contributed by atoms with Gasteiger partial charge >= 0.3 is 0 Å². The second-order valence-corrected chi connectivity index (χ2v) is 8.52. The molecule has 0 saturated carbocycles. The van der Waals surface area contributed by atoms with Crippen molar-refractivity contribution in [2.45, 2.75) is 45.3 Å². The average Bonchev–Trinajstić information content (AvgIpc) is 2.79. The van der Waals surface area contributed by atoms with Crippen LogP contribution in [0, 0.1) is 0 Å². The number of nitrogens with zero attached hydrogens (tertiary/aromatic N) is 3. The highest BCUT2D eigenvalue weighted by Gasteiger charge is 2.19. The maximum absolute atomic E-state index is 5.46. The first kappa shape index (κ1) is 21.5. The van der Waals surface area contributed by atoms with Gasteiger partial charge in [-0.15, -0.1) is 0 Å². The summed E-state index contributed by atoms with van der Waals surface area (Å²) in [5.74, 6) is 2.13. The lowest BCUT2D eigenvalue weighted by Gasteiger charge is -2.33. The average molecular weight is 421 g/mol. The Morgan fingerprint density at radius 2 is 1.81 bits per heavy atom. The van der Waals surface area contributed by atoms with Crippen molar-refractivity contribution in [3.05, 3.63) is 48.2 Å². The number of ether oxygens (including phenoxy) is 2. The maximum atomic E-state index is 5.46. The van der Waals surface area contributed by atoms with Crippen LogP contribution in [0.25, 0.3) is 22.3 Å². The second kappa shape index (κ2) is 9.62. The van der Waals surface area contributed by atoms with Gasteiger partial charge in [0.25, 0.3) is 0 Å². The fraction of sp³-hybridized carbons (Fsp3) is 0.440. The van der Waals surface area contributed by atoms with E-state index in [-0.39, 0.29) is 0 Å². The smallest absolute Gasteiger partial charge is 0.159 e. The summed E-state index contributed by atoms with van der Waals surface area (Å²) in [7, 11) is 3.29. The zero-order chi connectivity index (χ0) is 21.8. The molecule has 4 rings (SSSR count). The van der Waals surface area contributed by atoms with Crippen molar-refractivity contribution in [1.29, 1.82) is 0 Å². The van der Waals surface area contributed by atoms with E-state index in [0.717, 1.165) is 41.9 Å². The zero-order valence-electron chi connectivity index (χ0n) is 18.9. The van der Waals surface area contributed by atoms with Crippen LogP contribution in [-0.4, -0.2) is 54.3 Å². The quantitative estimate of drug-likeness (QED) is 0.616. The van der Waals surface area contributed by atoms with Crippen LogP contribution in [-0.2, 0) is 6.54 Å². The Morgan fingerprint density at radius 3 is 2.45 bits per heavy atom. The number of rotatable bonds is 7. The van der Waals surface area contributed by atoms with Gasteiger partial charge in [0.1, 0.15) is 11.5 Å². The zero-order valence-corrected chi connectivity index (χ0v) is 18.9. The number of fused-ring (bicyclic) bond motifs is 1. The molecule has 0 aliphatic carbocycles. The number of benzene rings is 2. The van der Waals surface area contributed by atoms with E-state index in [2.05, 4.69) is 53.3 Å². The third-order valence-electron chi connectivity index (χ3n) is 5.87. The highest BCUT2D eigenvalue weighted by atomic mass is 16.5. The Morgan fingerprint density at radius 1 is 1.06 bits per heavy atom. The van der Waals surface area contributed by atoms with Crippen molar-refractivity contribution in [3.63, 3.8) is 0 Å². The highest BCUT2D eigenvalue weighted by Crippen LogP contribution is 2.31. The number of hydrogen-bond donors (Lipinski definition) is 1. The van der Waals surface area contributed by atoms with Gasteiger partial charge in [-0.3, -0.25) is 4.90 Å². The van der Waals surface area contributed by atoms with Crippen LogP contribution < -0.4 is 14.8 Å². The maximum Gasteiger partial charge on any atom is 0.159 e. The van der Waals surface area contributed by atoms with E-state index in [9.17, 15) is 0 Å². The summed E-state index contributed by atoms with van der Waals surface area (Å²) in [6.45, 7) is 7.72. The predicted molar refractivity (Wildman–Crippen MR) is 125 cm³/mol. The van der Waals surface area contributed by atoms with E-state index >= 15 is 0 Å².